The van der Waals surface area contributed by atoms with Crippen molar-refractivity contribution in [3.63, 3.8) is 0 Å². The summed E-state index contributed by atoms with van der Waals surface area (Å²) < 4.78 is 18.3. The highest BCUT2D eigenvalue weighted by Gasteiger charge is 2.21. The summed E-state index contributed by atoms with van der Waals surface area (Å²) >= 11 is 3.25. The zero-order valence-corrected chi connectivity index (χ0v) is 9.97. The number of hydrogen-bond donors (Lipinski definition) is 1. The number of hydrogen-bond acceptors (Lipinski definition) is 3. The molecule has 1 atom stereocenters. The Balaban J connectivity index is 3.11. The standard InChI is InChI=1S/C10H11BrFNO2/c1-13-9(10(14)15-2)7-5-6(12)3-4-8(7)11/h3-5,9,13H,1-2H3. The van der Waals surface area contributed by atoms with Gasteiger partial charge in [0, 0.05) is 4.47 Å². The van der Waals surface area contributed by atoms with Crippen LogP contribution in [0.1, 0.15) is 11.6 Å². The van der Waals surface area contributed by atoms with Crippen LogP contribution >= 0.6 is 15.9 Å². The minimum Gasteiger partial charge on any atom is -0.468 e. The SMILES string of the molecule is CNC(C(=O)OC)c1cc(F)ccc1Br. The highest BCUT2D eigenvalue weighted by molar-refractivity contribution is 9.10. The normalized spacial score (nSPS) is 12.3. The molecule has 82 valence electrons. The van der Waals surface area contributed by atoms with Crippen molar-refractivity contribution in [3.05, 3.63) is 34.1 Å². The maximum Gasteiger partial charge on any atom is 0.327 e. The lowest BCUT2D eigenvalue weighted by atomic mass is 10.1. The number of benzene rings is 1. The molecule has 0 aliphatic rings. The molecule has 0 saturated heterocycles. The Morgan fingerprint density at radius 1 is 1.60 bits per heavy atom. The largest absolute Gasteiger partial charge is 0.468 e. The van der Waals surface area contributed by atoms with E-state index in [9.17, 15) is 9.18 Å². The van der Waals surface area contributed by atoms with Crippen molar-refractivity contribution in [1.29, 1.82) is 0 Å². The molecular weight excluding hydrogens is 265 g/mol. The molecule has 15 heavy (non-hydrogen) atoms. The molecule has 1 aromatic carbocycles. The van der Waals surface area contributed by atoms with Gasteiger partial charge in [-0.1, -0.05) is 15.9 Å². The van der Waals surface area contributed by atoms with Crippen LogP contribution in [0, 0.1) is 5.82 Å². The van der Waals surface area contributed by atoms with E-state index in [1.165, 1.54) is 19.2 Å². The van der Waals surface area contributed by atoms with Gasteiger partial charge in [0.05, 0.1) is 7.11 Å². The van der Waals surface area contributed by atoms with Crippen LogP contribution in [0.3, 0.4) is 0 Å². The molecule has 0 amide bonds. The molecule has 1 aromatic rings. The van der Waals surface area contributed by atoms with Gasteiger partial charge < -0.3 is 10.1 Å². The first kappa shape index (κ1) is 12.1. The van der Waals surface area contributed by atoms with Gasteiger partial charge in [-0.05, 0) is 30.8 Å². The van der Waals surface area contributed by atoms with Gasteiger partial charge >= 0.3 is 5.97 Å². The number of halogens is 2. The van der Waals surface area contributed by atoms with Crippen LogP contribution < -0.4 is 5.32 Å². The maximum atomic E-state index is 13.0. The maximum absolute atomic E-state index is 13.0. The van der Waals surface area contributed by atoms with Gasteiger partial charge in [0.25, 0.3) is 0 Å². The lowest BCUT2D eigenvalue weighted by molar-refractivity contribution is -0.143. The van der Waals surface area contributed by atoms with Crippen molar-refractivity contribution < 1.29 is 13.9 Å². The second-order valence-electron chi connectivity index (χ2n) is 2.91. The van der Waals surface area contributed by atoms with Crippen molar-refractivity contribution >= 4 is 21.9 Å². The number of methoxy groups -OCH3 is 1. The Labute approximate surface area is 95.7 Å². The fourth-order valence-corrected chi connectivity index (χ4v) is 1.73. The van der Waals surface area contributed by atoms with E-state index in [0.717, 1.165) is 0 Å². The van der Waals surface area contributed by atoms with Crippen molar-refractivity contribution in [2.75, 3.05) is 14.2 Å². The lowest BCUT2D eigenvalue weighted by Crippen LogP contribution is -2.26. The molecule has 1 N–H and O–H groups in total. The molecular formula is C10H11BrFNO2. The summed E-state index contributed by atoms with van der Waals surface area (Å²) in [6.07, 6.45) is 0. The molecule has 1 unspecified atom stereocenters. The highest BCUT2D eigenvalue weighted by Crippen LogP contribution is 2.24. The molecule has 0 aliphatic heterocycles. The van der Waals surface area contributed by atoms with Gasteiger partial charge in [-0.2, -0.15) is 0 Å². The minimum absolute atomic E-state index is 0.391. The smallest absolute Gasteiger partial charge is 0.327 e. The van der Waals surface area contributed by atoms with Crippen LogP contribution in [0.2, 0.25) is 0 Å². The van der Waals surface area contributed by atoms with Crippen LogP contribution in [0.4, 0.5) is 4.39 Å². The molecule has 0 radical (unpaired) electrons. The molecule has 0 saturated carbocycles. The van der Waals surface area contributed by atoms with E-state index in [-0.39, 0.29) is 0 Å². The molecule has 0 spiro atoms. The quantitative estimate of drug-likeness (QED) is 0.858. The Kier molecular flexibility index (Phi) is 4.23. The number of ether oxygens (including phenoxy) is 1. The van der Waals surface area contributed by atoms with Crippen LogP contribution in [-0.2, 0) is 9.53 Å². The average Bonchev–Trinajstić information content (AvgIpc) is 2.23. The molecule has 3 nitrogen and oxygen atoms in total. The number of esters is 1. The second kappa shape index (κ2) is 5.23. The summed E-state index contributed by atoms with van der Waals surface area (Å²) in [5, 5.41) is 2.77. The van der Waals surface area contributed by atoms with Crippen LogP contribution in [0.15, 0.2) is 22.7 Å². The van der Waals surface area contributed by atoms with Crippen LogP contribution in [0.5, 0.6) is 0 Å². The highest BCUT2D eigenvalue weighted by atomic mass is 79.9. The van der Waals surface area contributed by atoms with Gasteiger partial charge in [-0.3, -0.25) is 0 Å². The Morgan fingerprint density at radius 2 is 2.27 bits per heavy atom. The summed E-state index contributed by atoms with van der Waals surface area (Å²) in [5.74, 6) is -0.846. The predicted octanol–water partition coefficient (Wildman–Crippen LogP) is 2.02. The number of nitrogens with one attached hydrogen (secondary N) is 1. The van der Waals surface area contributed by atoms with Crippen molar-refractivity contribution in [2.24, 2.45) is 0 Å². The molecule has 0 bridgehead atoms. The summed E-state index contributed by atoms with van der Waals surface area (Å²) in [6, 6.07) is 3.50. The third kappa shape index (κ3) is 2.76. The summed E-state index contributed by atoms with van der Waals surface area (Å²) in [4.78, 5) is 11.4. The van der Waals surface area contributed by atoms with Crippen molar-refractivity contribution in [1.82, 2.24) is 5.32 Å². The Morgan fingerprint density at radius 3 is 2.80 bits per heavy atom. The van der Waals surface area contributed by atoms with E-state index >= 15 is 0 Å². The van der Waals surface area contributed by atoms with E-state index in [4.69, 9.17) is 0 Å². The monoisotopic (exact) mass is 275 g/mol. The Bertz CT molecular complexity index is 370. The number of rotatable bonds is 3. The molecule has 0 aliphatic carbocycles. The van der Waals surface area contributed by atoms with E-state index in [2.05, 4.69) is 26.0 Å². The molecule has 1 rings (SSSR count). The minimum atomic E-state index is -0.667. The van der Waals surface area contributed by atoms with E-state index < -0.39 is 17.8 Å². The van der Waals surface area contributed by atoms with E-state index in [0.29, 0.717) is 10.0 Å². The topological polar surface area (TPSA) is 38.3 Å². The zero-order chi connectivity index (χ0) is 11.4. The predicted molar refractivity (Wildman–Crippen MR) is 57.9 cm³/mol. The van der Waals surface area contributed by atoms with Crippen LogP contribution in [-0.4, -0.2) is 20.1 Å². The molecule has 0 heterocycles. The summed E-state index contributed by atoms with van der Waals surface area (Å²) in [6.45, 7) is 0. The fourth-order valence-electron chi connectivity index (χ4n) is 1.25. The summed E-state index contributed by atoms with van der Waals surface area (Å²) in [5.41, 5.74) is 0.518. The lowest BCUT2D eigenvalue weighted by Gasteiger charge is -2.15. The van der Waals surface area contributed by atoms with Gasteiger partial charge in [0.1, 0.15) is 11.9 Å². The molecule has 0 fully saturated rings. The average molecular weight is 276 g/mol. The fraction of sp³-hybridized carbons (Fsp3) is 0.300. The number of likely N-dealkylation sites (N-methyl/N-ethyl adjacent to an activating group) is 1. The molecule has 5 heteroatoms. The van der Waals surface area contributed by atoms with Gasteiger partial charge in [-0.15, -0.1) is 0 Å². The first-order valence-corrected chi connectivity index (χ1v) is 5.09. The van der Waals surface area contributed by atoms with E-state index in [1.807, 2.05) is 0 Å². The first-order valence-electron chi connectivity index (χ1n) is 4.30. The number of carbonyl (C=O) groups excluding carboxylic acids is 1. The van der Waals surface area contributed by atoms with Gasteiger partial charge in [0.15, 0.2) is 0 Å². The Hall–Kier alpha value is -0.940. The van der Waals surface area contributed by atoms with E-state index in [1.54, 1.807) is 13.1 Å². The van der Waals surface area contributed by atoms with Crippen molar-refractivity contribution in [2.45, 2.75) is 6.04 Å². The van der Waals surface area contributed by atoms with Crippen molar-refractivity contribution in [3.8, 4) is 0 Å². The van der Waals surface area contributed by atoms with Gasteiger partial charge in [-0.25, -0.2) is 9.18 Å². The second-order valence-corrected chi connectivity index (χ2v) is 3.77. The molecule has 0 aromatic heterocycles. The number of carbonyl (C=O) groups is 1. The zero-order valence-electron chi connectivity index (χ0n) is 8.38. The summed E-state index contributed by atoms with van der Waals surface area (Å²) in [7, 11) is 2.90. The van der Waals surface area contributed by atoms with Crippen LogP contribution in [0.25, 0.3) is 0 Å². The third-order valence-corrected chi connectivity index (χ3v) is 2.72. The third-order valence-electron chi connectivity index (χ3n) is 1.99. The first-order chi connectivity index (χ1) is 7.10. The van der Waals surface area contributed by atoms with Gasteiger partial charge in [0.2, 0.25) is 0 Å².